The van der Waals surface area contributed by atoms with Crippen LogP contribution in [0.2, 0.25) is 0 Å². The van der Waals surface area contributed by atoms with Crippen LogP contribution in [0.25, 0.3) is 0 Å². The summed E-state index contributed by atoms with van der Waals surface area (Å²) in [5.74, 6) is -0.299. The standard InChI is InChI=1S/C32H46N4O4/c1-24-19-34(21-26-10-12-29(13-11-26)30(37)39-6)20-25(2)36(24)23-28-9-7-8-27(18-28)22-33-14-16-35(17-15-33)31(38)40-32(3,4)5/h7-13,18,24-25H,14-17,19-23H2,1-6H3. The Kier molecular flexibility index (Phi) is 9.87. The fourth-order valence-electron chi connectivity index (χ4n) is 5.74. The van der Waals surface area contributed by atoms with E-state index in [-0.39, 0.29) is 12.1 Å². The third-order valence-electron chi connectivity index (χ3n) is 7.75. The average molecular weight is 551 g/mol. The maximum atomic E-state index is 12.4. The van der Waals surface area contributed by atoms with E-state index in [0.29, 0.717) is 30.7 Å². The van der Waals surface area contributed by atoms with Crippen LogP contribution in [-0.4, -0.2) is 95.7 Å². The number of piperazine rings is 2. The SMILES string of the molecule is COC(=O)c1ccc(CN2CC(C)N(Cc3cccc(CN4CCN(C(=O)OC(C)(C)C)CC4)c3)C(C)C2)cc1. The molecule has 2 saturated heterocycles. The molecule has 2 aromatic carbocycles. The van der Waals surface area contributed by atoms with Gasteiger partial charge in [-0.25, -0.2) is 9.59 Å². The van der Waals surface area contributed by atoms with Gasteiger partial charge in [0.15, 0.2) is 0 Å². The smallest absolute Gasteiger partial charge is 0.410 e. The largest absolute Gasteiger partial charge is 0.465 e. The predicted octanol–water partition coefficient (Wildman–Crippen LogP) is 4.62. The average Bonchev–Trinajstić information content (AvgIpc) is 2.90. The minimum absolute atomic E-state index is 0.214. The van der Waals surface area contributed by atoms with Crippen molar-refractivity contribution in [2.45, 2.75) is 71.9 Å². The number of nitrogens with zero attached hydrogens (tertiary/aromatic N) is 4. The summed E-state index contributed by atoms with van der Waals surface area (Å²) in [4.78, 5) is 33.5. The Morgan fingerprint density at radius 1 is 0.800 bits per heavy atom. The number of esters is 1. The number of ether oxygens (including phenoxy) is 2. The summed E-state index contributed by atoms with van der Waals surface area (Å²) in [5, 5.41) is 0. The normalized spacial score (nSPS) is 21.3. The maximum absolute atomic E-state index is 12.4. The lowest BCUT2D eigenvalue weighted by Gasteiger charge is -2.44. The van der Waals surface area contributed by atoms with Gasteiger partial charge in [0.2, 0.25) is 0 Å². The highest BCUT2D eigenvalue weighted by Crippen LogP contribution is 2.22. The van der Waals surface area contributed by atoms with Crippen LogP contribution in [0.3, 0.4) is 0 Å². The van der Waals surface area contributed by atoms with Gasteiger partial charge in [-0.05, 0) is 63.4 Å². The number of hydrogen-bond donors (Lipinski definition) is 0. The van der Waals surface area contributed by atoms with Gasteiger partial charge in [0.05, 0.1) is 12.7 Å². The molecule has 0 aromatic heterocycles. The molecule has 8 nitrogen and oxygen atoms in total. The zero-order valence-electron chi connectivity index (χ0n) is 25.1. The summed E-state index contributed by atoms with van der Waals surface area (Å²) >= 11 is 0. The molecule has 2 aromatic rings. The van der Waals surface area contributed by atoms with Crippen LogP contribution < -0.4 is 0 Å². The topological polar surface area (TPSA) is 65.6 Å². The van der Waals surface area contributed by atoms with Gasteiger partial charge >= 0.3 is 12.1 Å². The lowest BCUT2D eigenvalue weighted by atomic mass is 10.0. The molecule has 2 aliphatic rings. The molecule has 2 fully saturated rings. The Hall–Kier alpha value is -2.94. The van der Waals surface area contributed by atoms with Crippen molar-refractivity contribution in [3.8, 4) is 0 Å². The van der Waals surface area contributed by atoms with Gasteiger partial charge in [-0.3, -0.25) is 14.7 Å². The molecule has 2 unspecified atom stereocenters. The van der Waals surface area contributed by atoms with Crippen LogP contribution >= 0.6 is 0 Å². The van der Waals surface area contributed by atoms with E-state index in [1.807, 2.05) is 49.9 Å². The molecule has 0 aliphatic carbocycles. The third kappa shape index (κ3) is 8.29. The number of carbonyl (C=O) groups excluding carboxylic acids is 2. The fraction of sp³-hybridized carbons (Fsp3) is 0.562. The van der Waals surface area contributed by atoms with E-state index in [1.165, 1.54) is 23.8 Å². The van der Waals surface area contributed by atoms with Crippen LogP contribution in [0.4, 0.5) is 4.79 Å². The Balaban J connectivity index is 1.27. The summed E-state index contributed by atoms with van der Waals surface area (Å²) in [6.07, 6.45) is -0.214. The van der Waals surface area contributed by atoms with Crippen molar-refractivity contribution in [3.63, 3.8) is 0 Å². The Bertz CT molecular complexity index is 1130. The molecule has 0 radical (unpaired) electrons. The minimum atomic E-state index is -0.463. The molecule has 218 valence electrons. The van der Waals surface area contributed by atoms with Gasteiger partial charge < -0.3 is 14.4 Å². The molecule has 8 heteroatoms. The Labute approximate surface area is 239 Å². The van der Waals surface area contributed by atoms with Crippen molar-refractivity contribution in [1.29, 1.82) is 0 Å². The molecular formula is C32H46N4O4. The van der Waals surface area contributed by atoms with Crippen LogP contribution in [0, 0.1) is 0 Å². The van der Waals surface area contributed by atoms with Crippen LogP contribution in [-0.2, 0) is 29.1 Å². The second-order valence-corrected chi connectivity index (χ2v) is 12.3. The Morgan fingerprint density at radius 2 is 1.38 bits per heavy atom. The summed E-state index contributed by atoms with van der Waals surface area (Å²) in [6.45, 7) is 18.2. The highest BCUT2D eigenvalue weighted by atomic mass is 16.6. The number of benzene rings is 2. The molecular weight excluding hydrogens is 504 g/mol. The Morgan fingerprint density at radius 3 is 1.95 bits per heavy atom. The van der Waals surface area contributed by atoms with E-state index in [4.69, 9.17) is 9.47 Å². The lowest BCUT2D eigenvalue weighted by Crippen LogP contribution is -2.55. The molecule has 2 atom stereocenters. The molecule has 2 heterocycles. The number of amides is 1. The lowest BCUT2D eigenvalue weighted by molar-refractivity contribution is 0.0138. The number of carbonyl (C=O) groups is 2. The third-order valence-corrected chi connectivity index (χ3v) is 7.75. The highest BCUT2D eigenvalue weighted by Gasteiger charge is 2.30. The first-order chi connectivity index (χ1) is 19.0. The molecule has 0 saturated carbocycles. The predicted molar refractivity (Wildman–Crippen MR) is 157 cm³/mol. The molecule has 0 N–H and O–H groups in total. The van der Waals surface area contributed by atoms with Crippen LogP contribution in [0.1, 0.15) is 61.7 Å². The first-order valence-electron chi connectivity index (χ1n) is 14.4. The number of hydrogen-bond acceptors (Lipinski definition) is 7. The highest BCUT2D eigenvalue weighted by molar-refractivity contribution is 5.89. The molecule has 40 heavy (non-hydrogen) atoms. The molecule has 0 spiro atoms. The zero-order chi connectivity index (χ0) is 28.9. The van der Waals surface area contributed by atoms with Crippen molar-refractivity contribution in [2.75, 3.05) is 46.4 Å². The van der Waals surface area contributed by atoms with E-state index < -0.39 is 5.60 Å². The molecule has 2 aliphatic heterocycles. The van der Waals surface area contributed by atoms with Crippen molar-refractivity contribution < 1.29 is 19.1 Å². The number of rotatable bonds is 7. The van der Waals surface area contributed by atoms with Crippen molar-refractivity contribution >= 4 is 12.1 Å². The van der Waals surface area contributed by atoms with Gasteiger partial charge in [-0.15, -0.1) is 0 Å². The minimum Gasteiger partial charge on any atom is -0.465 e. The van der Waals surface area contributed by atoms with Crippen LogP contribution in [0.15, 0.2) is 48.5 Å². The van der Waals surface area contributed by atoms with E-state index in [1.54, 1.807) is 0 Å². The van der Waals surface area contributed by atoms with Gasteiger partial charge in [0.1, 0.15) is 5.60 Å². The summed E-state index contributed by atoms with van der Waals surface area (Å²) in [5.41, 5.74) is 3.99. The second kappa shape index (κ2) is 13.1. The van der Waals surface area contributed by atoms with E-state index in [0.717, 1.165) is 45.8 Å². The van der Waals surface area contributed by atoms with Crippen LogP contribution in [0.5, 0.6) is 0 Å². The van der Waals surface area contributed by atoms with E-state index in [9.17, 15) is 9.59 Å². The molecule has 1 amide bonds. The van der Waals surface area contributed by atoms with Gasteiger partial charge in [0, 0.05) is 71.0 Å². The van der Waals surface area contributed by atoms with Crippen molar-refractivity contribution in [2.24, 2.45) is 0 Å². The van der Waals surface area contributed by atoms with Crippen molar-refractivity contribution in [1.82, 2.24) is 19.6 Å². The monoisotopic (exact) mass is 550 g/mol. The fourth-order valence-corrected chi connectivity index (χ4v) is 5.74. The summed E-state index contributed by atoms with van der Waals surface area (Å²) in [6, 6.07) is 17.6. The van der Waals surface area contributed by atoms with Gasteiger partial charge in [-0.1, -0.05) is 36.4 Å². The van der Waals surface area contributed by atoms with Gasteiger partial charge in [0.25, 0.3) is 0 Å². The summed E-state index contributed by atoms with van der Waals surface area (Å²) in [7, 11) is 1.41. The first-order valence-corrected chi connectivity index (χ1v) is 14.4. The summed E-state index contributed by atoms with van der Waals surface area (Å²) < 4.78 is 10.3. The van der Waals surface area contributed by atoms with Crippen molar-refractivity contribution in [3.05, 3.63) is 70.8 Å². The second-order valence-electron chi connectivity index (χ2n) is 12.3. The first kappa shape index (κ1) is 30.0. The quantitative estimate of drug-likeness (QED) is 0.466. The molecule has 4 rings (SSSR count). The van der Waals surface area contributed by atoms with Gasteiger partial charge in [-0.2, -0.15) is 0 Å². The number of methoxy groups -OCH3 is 1. The van der Waals surface area contributed by atoms with E-state index in [2.05, 4.69) is 52.8 Å². The maximum Gasteiger partial charge on any atom is 0.410 e. The molecule has 0 bridgehead atoms. The van der Waals surface area contributed by atoms with E-state index >= 15 is 0 Å². The zero-order valence-corrected chi connectivity index (χ0v) is 25.1.